The number of rotatable bonds is 4. The molecule has 7 nitrogen and oxygen atoms in total. The molecule has 4 aromatic rings. The second-order valence-electron chi connectivity index (χ2n) is 8.40. The molecule has 0 amide bonds. The van der Waals surface area contributed by atoms with Crippen LogP contribution in [0.3, 0.4) is 0 Å². The Morgan fingerprint density at radius 2 is 1.84 bits per heavy atom. The maximum atomic E-state index is 12.3. The fourth-order valence-corrected chi connectivity index (χ4v) is 3.35. The van der Waals surface area contributed by atoms with E-state index in [1.54, 1.807) is 54.9 Å². The molecule has 0 atom stereocenters. The summed E-state index contributed by atoms with van der Waals surface area (Å²) < 4.78 is 5.42. The summed E-state index contributed by atoms with van der Waals surface area (Å²) in [5, 5.41) is 11.5. The number of fused-ring (bicyclic) bond motifs is 1. The van der Waals surface area contributed by atoms with Gasteiger partial charge in [0.05, 0.1) is 28.0 Å². The van der Waals surface area contributed by atoms with E-state index in [1.807, 2.05) is 32.9 Å². The number of nitrogens with one attached hydrogen (secondary N) is 1. The van der Waals surface area contributed by atoms with Crippen LogP contribution in [0.15, 0.2) is 72.0 Å². The number of aromatic nitrogens is 2. The van der Waals surface area contributed by atoms with Gasteiger partial charge in [0.2, 0.25) is 0 Å². The van der Waals surface area contributed by atoms with E-state index in [-0.39, 0.29) is 5.88 Å². The first-order valence-corrected chi connectivity index (χ1v) is 10.1. The van der Waals surface area contributed by atoms with Crippen molar-refractivity contribution in [3.05, 3.63) is 83.7 Å². The Kier molecular flexibility index (Phi) is 5.40. The Balaban J connectivity index is 1.80. The molecular weight excluding hydrogens is 404 g/mol. The smallest absolute Gasteiger partial charge is 0.338 e. The number of hydrogen-bond acceptors (Lipinski definition) is 6. The number of pyridine rings is 1. The summed E-state index contributed by atoms with van der Waals surface area (Å²) in [4.78, 5) is 24.3. The average Bonchev–Trinajstić information content (AvgIpc) is 3.06. The van der Waals surface area contributed by atoms with E-state index < -0.39 is 11.6 Å². The van der Waals surface area contributed by atoms with Crippen LogP contribution in [0, 0.1) is 0 Å². The summed E-state index contributed by atoms with van der Waals surface area (Å²) >= 11 is 0. The maximum Gasteiger partial charge on any atom is 0.338 e. The minimum Gasteiger partial charge on any atom is -0.494 e. The quantitative estimate of drug-likeness (QED) is 0.241. The first-order valence-electron chi connectivity index (χ1n) is 10.1. The molecule has 0 aliphatic rings. The van der Waals surface area contributed by atoms with Gasteiger partial charge in [-0.3, -0.25) is 4.98 Å². The normalized spacial score (nSPS) is 12.2. The van der Waals surface area contributed by atoms with Crippen molar-refractivity contribution in [2.24, 2.45) is 4.99 Å². The number of esters is 1. The minimum atomic E-state index is -0.572. The van der Waals surface area contributed by atoms with Crippen molar-refractivity contribution in [2.45, 2.75) is 26.4 Å². The van der Waals surface area contributed by atoms with Crippen molar-refractivity contribution < 1.29 is 14.6 Å². The highest BCUT2D eigenvalue weighted by molar-refractivity contribution is 6.21. The Morgan fingerprint density at radius 3 is 2.50 bits per heavy atom. The van der Waals surface area contributed by atoms with E-state index in [1.165, 1.54) is 0 Å². The summed E-state index contributed by atoms with van der Waals surface area (Å²) in [6.45, 7) is 5.47. The van der Waals surface area contributed by atoms with E-state index in [0.717, 1.165) is 10.9 Å². The number of carbonyl (C=O) groups is 1. The zero-order valence-corrected chi connectivity index (χ0v) is 18.1. The second-order valence-corrected chi connectivity index (χ2v) is 8.40. The number of carbonyl (C=O) groups excluding carboxylic acids is 1. The lowest BCUT2D eigenvalue weighted by Crippen LogP contribution is -2.23. The van der Waals surface area contributed by atoms with Gasteiger partial charge in [-0.05, 0) is 75.4 Å². The van der Waals surface area contributed by atoms with Crippen LogP contribution in [0.2, 0.25) is 0 Å². The van der Waals surface area contributed by atoms with Crippen molar-refractivity contribution in [1.29, 1.82) is 0 Å². The molecule has 4 rings (SSSR count). The van der Waals surface area contributed by atoms with E-state index in [4.69, 9.17) is 15.5 Å². The average molecular weight is 428 g/mol. The van der Waals surface area contributed by atoms with Crippen molar-refractivity contribution in [1.82, 2.24) is 9.97 Å². The molecule has 0 aliphatic heterocycles. The third-order valence-corrected chi connectivity index (χ3v) is 4.72. The van der Waals surface area contributed by atoms with Gasteiger partial charge in [0, 0.05) is 29.0 Å². The first-order chi connectivity index (χ1) is 15.2. The molecule has 7 heteroatoms. The summed E-state index contributed by atoms with van der Waals surface area (Å²) in [7, 11) is 0. The predicted octanol–water partition coefficient (Wildman–Crippen LogP) is 4.98. The molecule has 2 aromatic carbocycles. The topological polar surface area (TPSA) is 114 Å². The van der Waals surface area contributed by atoms with Crippen LogP contribution in [0.4, 0.5) is 11.4 Å². The Morgan fingerprint density at radius 1 is 1.09 bits per heavy atom. The third kappa shape index (κ3) is 4.46. The van der Waals surface area contributed by atoms with Gasteiger partial charge in [0.15, 0.2) is 5.88 Å². The number of aliphatic imine (C=N–C) groups is 1. The molecule has 0 unspecified atom stereocenters. The molecule has 2 heterocycles. The van der Waals surface area contributed by atoms with Crippen LogP contribution in [-0.4, -0.2) is 32.4 Å². The van der Waals surface area contributed by atoms with Crippen molar-refractivity contribution in [3.8, 4) is 5.88 Å². The molecule has 0 fully saturated rings. The summed E-state index contributed by atoms with van der Waals surface area (Å²) in [6.07, 6.45) is 3.36. The lowest BCUT2D eigenvalue weighted by Gasteiger charge is -2.19. The number of nitrogens with two attached hydrogens (primary N) is 1. The lowest BCUT2D eigenvalue weighted by atomic mass is 10.0. The summed E-state index contributed by atoms with van der Waals surface area (Å²) in [6, 6.07) is 15.9. The summed E-state index contributed by atoms with van der Waals surface area (Å²) in [5.41, 5.74) is 9.47. The van der Waals surface area contributed by atoms with Crippen LogP contribution in [0.1, 0.15) is 42.3 Å². The van der Waals surface area contributed by atoms with E-state index in [0.29, 0.717) is 33.7 Å². The molecule has 32 heavy (non-hydrogen) atoms. The highest BCUT2D eigenvalue weighted by Crippen LogP contribution is 2.32. The Bertz CT molecular complexity index is 1300. The number of nitrogens with zero attached hydrogens (tertiary/aromatic N) is 2. The molecule has 0 saturated heterocycles. The second kappa shape index (κ2) is 8.19. The zero-order valence-electron chi connectivity index (χ0n) is 18.1. The number of aromatic amines is 1. The van der Waals surface area contributed by atoms with Crippen LogP contribution in [0.25, 0.3) is 10.9 Å². The highest BCUT2D eigenvalue weighted by atomic mass is 16.6. The molecule has 0 saturated carbocycles. The monoisotopic (exact) mass is 428 g/mol. The molecule has 2 aromatic heterocycles. The first kappa shape index (κ1) is 21.1. The predicted molar refractivity (Wildman–Crippen MR) is 126 cm³/mol. The highest BCUT2D eigenvalue weighted by Gasteiger charge is 2.20. The Labute approximate surface area is 185 Å². The van der Waals surface area contributed by atoms with Gasteiger partial charge < -0.3 is 20.6 Å². The van der Waals surface area contributed by atoms with Crippen molar-refractivity contribution >= 4 is 34.0 Å². The SMILES string of the molecule is CC(C)(C)OC(=O)c1ccc(N=C(c2cccnc2)c2c(O)[nH]c3cc(N)ccc23)cc1. The number of H-pyrrole nitrogens is 1. The van der Waals surface area contributed by atoms with E-state index in [2.05, 4.69) is 9.97 Å². The van der Waals surface area contributed by atoms with Crippen LogP contribution < -0.4 is 5.73 Å². The van der Waals surface area contributed by atoms with E-state index in [9.17, 15) is 9.90 Å². The largest absolute Gasteiger partial charge is 0.494 e. The van der Waals surface area contributed by atoms with Crippen molar-refractivity contribution in [3.63, 3.8) is 0 Å². The van der Waals surface area contributed by atoms with Gasteiger partial charge in [-0.15, -0.1) is 0 Å². The fourth-order valence-electron chi connectivity index (χ4n) is 3.35. The number of ether oxygens (including phenoxy) is 1. The number of anilines is 1. The molecular formula is C25H24N4O3. The summed E-state index contributed by atoms with van der Waals surface area (Å²) in [5.74, 6) is -0.411. The number of aromatic hydroxyl groups is 1. The lowest BCUT2D eigenvalue weighted by molar-refractivity contribution is 0.00695. The molecule has 0 bridgehead atoms. The minimum absolute atomic E-state index is 0.0152. The fraction of sp³-hybridized carbons (Fsp3) is 0.160. The standard InChI is InChI=1S/C25H24N4O3/c1-25(2,3)32-24(31)15-6-9-18(10-7-15)28-22(16-5-4-12-27-14-16)21-19-11-8-17(26)13-20(19)29-23(21)30/h4-14,29-30H,26H2,1-3H3. The number of benzene rings is 2. The number of hydrogen-bond donors (Lipinski definition) is 3. The van der Waals surface area contributed by atoms with E-state index >= 15 is 0 Å². The number of nitrogen functional groups attached to an aromatic ring is 1. The van der Waals surface area contributed by atoms with Gasteiger partial charge >= 0.3 is 5.97 Å². The third-order valence-electron chi connectivity index (χ3n) is 4.72. The van der Waals surface area contributed by atoms with Gasteiger partial charge in [-0.2, -0.15) is 0 Å². The van der Waals surface area contributed by atoms with Crippen LogP contribution in [-0.2, 0) is 4.74 Å². The van der Waals surface area contributed by atoms with Crippen LogP contribution in [0.5, 0.6) is 5.88 Å². The van der Waals surface area contributed by atoms with Crippen LogP contribution >= 0.6 is 0 Å². The zero-order chi connectivity index (χ0) is 22.9. The molecule has 4 N–H and O–H groups in total. The molecule has 162 valence electrons. The van der Waals surface area contributed by atoms with Gasteiger partial charge in [-0.1, -0.05) is 0 Å². The van der Waals surface area contributed by atoms with Crippen molar-refractivity contribution in [2.75, 3.05) is 5.73 Å². The molecule has 0 aliphatic carbocycles. The Hall–Kier alpha value is -4.13. The molecule has 0 radical (unpaired) electrons. The van der Waals surface area contributed by atoms with Gasteiger partial charge in [0.1, 0.15) is 5.60 Å². The molecule has 0 spiro atoms. The van der Waals surface area contributed by atoms with Gasteiger partial charge in [-0.25, -0.2) is 9.79 Å². The van der Waals surface area contributed by atoms with Gasteiger partial charge in [0.25, 0.3) is 0 Å². The maximum absolute atomic E-state index is 12.3.